The second kappa shape index (κ2) is 5.72. The Labute approximate surface area is 127 Å². The Morgan fingerprint density at radius 1 is 0.810 bits per heavy atom. The molecule has 0 N–H and O–H groups in total. The molecule has 2 heteroatoms. The Balaban J connectivity index is 2.23. The minimum atomic E-state index is 0.0702. The summed E-state index contributed by atoms with van der Waals surface area (Å²) in [6.07, 6.45) is 0. The number of carbonyl (C=O) groups excluding carboxylic acids is 1. The molecule has 2 nitrogen and oxygen atoms in total. The van der Waals surface area contributed by atoms with E-state index in [0.717, 1.165) is 16.8 Å². The molecule has 0 radical (unpaired) electrons. The zero-order valence-corrected chi connectivity index (χ0v) is 13.5. The van der Waals surface area contributed by atoms with Gasteiger partial charge in [-0.2, -0.15) is 0 Å². The predicted octanol–water partition coefficient (Wildman–Crippen LogP) is 4.28. The first-order valence-electron chi connectivity index (χ1n) is 7.21. The second-order valence-electron chi connectivity index (χ2n) is 6.60. The molecule has 0 aromatic heterocycles. The van der Waals surface area contributed by atoms with Crippen molar-refractivity contribution in [1.82, 2.24) is 0 Å². The summed E-state index contributed by atoms with van der Waals surface area (Å²) in [5.41, 5.74) is 3.90. The van der Waals surface area contributed by atoms with E-state index >= 15 is 0 Å². The molecule has 0 bridgehead atoms. The average Bonchev–Trinajstić information content (AvgIpc) is 2.46. The normalized spacial score (nSPS) is 11.3. The van der Waals surface area contributed by atoms with Crippen molar-refractivity contribution in [3.63, 3.8) is 0 Å². The summed E-state index contributed by atoms with van der Waals surface area (Å²) in [5.74, 6) is 0.0702. The molecular formula is C19H23NO. The summed E-state index contributed by atoms with van der Waals surface area (Å²) in [6.45, 7) is 6.51. The highest BCUT2D eigenvalue weighted by Gasteiger charge is 2.15. The van der Waals surface area contributed by atoms with E-state index in [4.69, 9.17) is 0 Å². The van der Waals surface area contributed by atoms with Gasteiger partial charge in [-0.25, -0.2) is 0 Å². The number of hydrogen-bond acceptors (Lipinski definition) is 2. The van der Waals surface area contributed by atoms with E-state index in [-0.39, 0.29) is 11.2 Å². The summed E-state index contributed by atoms with van der Waals surface area (Å²) in [6, 6.07) is 15.6. The predicted molar refractivity (Wildman–Crippen MR) is 89.3 cm³/mol. The number of rotatable bonds is 3. The summed E-state index contributed by atoms with van der Waals surface area (Å²) in [4.78, 5) is 14.5. The molecule has 0 saturated carbocycles. The first-order valence-corrected chi connectivity index (χ1v) is 7.21. The van der Waals surface area contributed by atoms with Crippen molar-refractivity contribution in [1.29, 1.82) is 0 Å². The van der Waals surface area contributed by atoms with Crippen LogP contribution in [0, 0.1) is 0 Å². The summed E-state index contributed by atoms with van der Waals surface area (Å²) >= 11 is 0. The van der Waals surface area contributed by atoms with Gasteiger partial charge in [0.1, 0.15) is 0 Å². The van der Waals surface area contributed by atoms with Crippen LogP contribution in [0.4, 0.5) is 5.69 Å². The third kappa shape index (κ3) is 3.52. The molecular weight excluding hydrogens is 258 g/mol. The van der Waals surface area contributed by atoms with Gasteiger partial charge in [-0.05, 0) is 35.2 Å². The highest BCUT2D eigenvalue weighted by molar-refractivity contribution is 6.09. The molecule has 0 amide bonds. The van der Waals surface area contributed by atoms with Gasteiger partial charge >= 0.3 is 0 Å². The lowest BCUT2D eigenvalue weighted by Gasteiger charge is -2.19. The Bertz CT molecular complexity index is 616. The van der Waals surface area contributed by atoms with Crippen molar-refractivity contribution < 1.29 is 4.79 Å². The Hall–Kier alpha value is -2.09. The van der Waals surface area contributed by atoms with Gasteiger partial charge < -0.3 is 4.90 Å². The van der Waals surface area contributed by atoms with Gasteiger partial charge in [0, 0.05) is 30.9 Å². The molecule has 0 aliphatic heterocycles. The van der Waals surface area contributed by atoms with E-state index in [1.807, 2.05) is 67.5 Å². The third-order valence-electron chi connectivity index (χ3n) is 3.66. The molecule has 2 aromatic carbocycles. The lowest BCUT2D eigenvalue weighted by molar-refractivity contribution is 0.103. The lowest BCUT2D eigenvalue weighted by atomic mass is 9.86. The highest BCUT2D eigenvalue weighted by Crippen LogP contribution is 2.23. The molecule has 0 aliphatic rings. The van der Waals surface area contributed by atoms with Crippen LogP contribution in [-0.2, 0) is 5.41 Å². The smallest absolute Gasteiger partial charge is 0.193 e. The SMILES string of the molecule is CN(C)c1ccc(C(=O)c2ccc(C(C)(C)C)cc2)cc1. The van der Waals surface area contributed by atoms with E-state index in [0.29, 0.717) is 0 Å². The van der Waals surface area contributed by atoms with Crippen LogP contribution in [0.5, 0.6) is 0 Å². The molecule has 0 saturated heterocycles. The second-order valence-corrected chi connectivity index (χ2v) is 6.60. The van der Waals surface area contributed by atoms with Crippen molar-refractivity contribution in [2.45, 2.75) is 26.2 Å². The minimum Gasteiger partial charge on any atom is -0.378 e. The number of nitrogens with zero attached hydrogens (tertiary/aromatic N) is 1. The molecule has 0 fully saturated rings. The largest absolute Gasteiger partial charge is 0.378 e. The third-order valence-corrected chi connectivity index (χ3v) is 3.66. The van der Waals surface area contributed by atoms with Crippen LogP contribution in [-0.4, -0.2) is 19.9 Å². The summed E-state index contributed by atoms with van der Waals surface area (Å²) in [5, 5.41) is 0. The fourth-order valence-corrected chi connectivity index (χ4v) is 2.20. The molecule has 0 atom stereocenters. The zero-order chi connectivity index (χ0) is 15.6. The Kier molecular flexibility index (Phi) is 4.17. The monoisotopic (exact) mass is 281 g/mol. The van der Waals surface area contributed by atoms with Crippen LogP contribution in [0.1, 0.15) is 42.3 Å². The first-order chi connectivity index (χ1) is 9.79. The standard InChI is InChI=1S/C19H23NO/c1-19(2,3)16-10-6-14(7-11-16)18(21)15-8-12-17(13-9-15)20(4)5/h6-13H,1-5H3. The number of hydrogen-bond donors (Lipinski definition) is 0. The van der Waals surface area contributed by atoms with Crippen molar-refractivity contribution >= 4 is 11.5 Å². The van der Waals surface area contributed by atoms with Crippen molar-refractivity contribution in [3.05, 3.63) is 65.2 Å². The minimum absolute atomic E-state index is 0.0702. The van der Waals surface area contributed by atoms with E-state index in [1.54, 1.807) is 0 Å². The summed E-state index contributed by atoms with van der Waals surface area (Å²) < 4.78 is 0. The van der Waals surface area contributed by atoms with Gasteiger partial charge in [0.05, 0.1) is 0 Å². The summed E-state index contributed by atoms with van der Waals surface area (Å²) in [7, 11) is 3.98. The van der Waals surface area contributed by atoms with Gasteiger partial charge in [-0.1, -0.05) is 45.0 Å². The first kappa shape index (κ1) is 15.3. The van der Waals surface area contributed by atoms with Crippen LogP contribution in [0.25, 0.3) is 0 Å². The molecule has 0 heterocycles. The lowest BCUT2D eigenvalue weighted by Crippen LogP contribution is -2.11. The molecule has 0 aliphatic carbocycles. The van der Waals surface area contributed by atoms with Crippen LogP contribution in [0.2, 0.25) is 0 Å². The molecule has 21 heavy (non-hydrogen) atoms. The van der Waals surface area contributed by atoms with E-state index in [9.17, 15) is 4.79 Å². The molecule has 0 spiro atoms. The van der Waals surface area contributed by atoms with Crippen LogP contribution in [0.3, 0.4) is 0 Å². The van der Waals surface area contributed by atoms with Crippen LogP contribution < -0.4 is 4.90 Å². The zero-order valence-electron chi connectivity index (χ0n) is 13.5. The number of carbonyl (C=O) groups is 1. The number of ketones is 1. The fraction of sp³-hybridized carbons (Fsp3) is 0.316. The van der Waals surface area contributed by atoms with Crippen molar-refractivity contribution in [2.24, 2.45) is 0 Å². The van der Waals surface area contributed by atoms with E-state index in [1.165, 1.54) is 5.56 Å². The molecule has 110 valence electrons. The van der Waals surface area contributed by atoms with Gasteiger partial charge in [-0.15, -0.1) is 0 Å². The number of anilines is 1. The van der Waals surface area contributed by atoms with Crippen LogP contribution in [0.15, 0.2) is 48.5 Å². The van der Waals surface area contributed by atoms with Crippen molar-refractivity contribution in [2.75, 3.05) is 19.0 Å². The average molecular weight is 281 g/mol. The number of benzene rings is 2. The van der Waals surface area contributed by atoms with Gasteiger partial charge in [0.2, 0.25) is 0 Å². The quantitative estimate of drug-likeness (QED) is 0.783. The maximum atomic E-state index is 12.5. The van der Waals surface area contributed by atoms with Gasteiger partial charge in [0.25, 0.3) is 0 Å². The van der Waals surface area contributed by atoms with Gasteiger partial charge in [-0.3, -0.25) is 4.79 Å². The highest BCUT2D eigenvalue weighted by atomic mass is 16.1. The molecule has 0 unspecified atom stereocenters. The fourth-order valence-electron chi connectivity index (χ4n) is 2.20. The molecule has 2 rings (SSSR count). The molecule has 2 aromatic rings. The Morgan fingerprint density at radius 2 is 1.24 bits per heavy atom. The Morgan fingerprint density at radius 3 is 1.62 bits per heavy atom. The van der Waals surface area contributed by atoms with Gasteiger partial charge in [0.15, 0.2) is 5.78 Å². The van der Waals surface area contributed by atoms with Crippen molar-refractivity contribution in [3.8, 4) is 0 Å². The topological polar surface area (TPSA) is 20.3 Å². The van der Waals surface area contributed by atoms with E-state index < -0.39 is 0 Å². The maximum absolute atomic E-state index is 12.5. The van der Waals surface area contributed by atoms with E-state index in [2.05, 4.69) is 20.8 Å². The maximum Gasteiger partial charge on any atom is 0.193 e. The van der Waals surface area contributed by atoms with Crippen LogP contribution >= 0.6 is 0 Å².